The van der Waals surface area contributed by atoms with Gasteiger partial charge in [-0.1, -0.05) is 17.7 Å². The molecule has 0 unspecified atom stereocenters. The number of methoxy groups -OCH3 is 2. The molecule has 150 valence electrons. The first-order valence-corrected chi connectivity index (χ1v) is 9.66. The molecule has 1 N–H and O–H groups in total. The first kappa shape index (κ1) is 19.3. The molecule has 3 aromatic rings. The van der Waals surface area contributed by atoms with Gasteiger partial charge in [0.25, 0.3) is 5.91 Å². The molecule has 1 amide bonds. The van der Waals surface area contributed by atoms with E-state index in [1.54, 1.807) is 55.6 Å². The van der Waals surface area contributed by atoms with Crippen LogP contribution in [0.2, 0.25) is 5.02 Å². The third kappa shape index (κ3) is 3.91. The van der Waals surface area contributed by atoms with Crippen molar-refractivity contribution in [3.63, 3.8) is 0 Å². The van der Waals surface area contributed by atoms with Crippen molar-refractivity contribution >= 4 is 34.4 Å². The number of hydrogen-bond acceptors (Lipinski definition) is 6. The van der Waals surface area contributed by atoms with Gasteiger partial charge < -0.3 is 19.7 Å². The summed E-state index contributed by atoms with van der Waals surface area (Å²) in [4.78, 5) is 23.9. The van der Waals surface area contributed by atoms with Crippen LogP contribution in [0.5, 0.6) is 11.5 Å². The largest absolute Gasteiger partial charge is 0.496 e. The van der Waals surface area contributed by atoms with Crippen molar-refractivity contribution in [1.82, 2.24) is 14.9 Å². The minimum atomic E-state index is -0.108. The molecule has 0 bridgehead atoms. The maximum absolute atomic E-state index is 13.1. The lowest BCUT2D eigenvalue weighted by Crippen LogP contribution is -2.32. The lowest BCUT2D eigenvalue weighted by molar-refractivity contribution is 0.0784. The third-order valence-electron chi connectivity index (χ3n) is 4.97. The summed E-state index contributed by atoms with van der Waals surface area (Å²) in [5, 5.41) is 4.01. The number of ether oxygens (including phenoxy) is 2. The molecule has 1 atom stereocenters. The van der Waals surface area contributed by atoms with Crippen LogP contribution in [0.1, 0.15) is 16.8 Å². The minimum Gasteiger partial charge on any atom is -0.496 e. The summed E-state index contributed by atoms with van der Waals surface area (Å²) in [5.74, 6) is 1.58. The Morgan fingerprint density at radius 1 is 1.17 bits per heavy atom. The van der Waals surface area contributed by atoms with Gasteiger partial charge in [-0.3, -0.25) is 9.78 Å². The second kappa shape index (κ2) is 8.13. The lowest BCUT2D eigenvalue weighted by Gasteiger charge is -2.20. The molecule has 0 spiro atoms. The average Bonchev–Trinajstić information content (AvgIpc) is 3.21. The normalized spacial score (nSPS) is 16.1. The molecule has 7 nitrogen and oxygen atoms in total. The summed E-state index contributed by atoms with van der Waals surface area (Å²) in [5.41, 5.74) is 1.96. The van der Waals surface area contributed by atoms with Crippen LogP contribution in [0, 0.1) is 0 Å². The van der Waals surface area contributed by atoms with Crippen LogP contribution in [-0.2, 0) is 0 Å². The fourth-order valence-electron chi connectivity index (χ4n) is 3.55. The Hall–Kier alpha value is -3.06. The fraction of sp³-hybridized carbons (Fsp3) is 0.286. The van der Waals surface area contributed by atoms with Gasteiger partial charge in [0, 0.05) is 24.2 Å². The molecule has 1 aliphatic heterocycles. The average molecular weight is 413 g/mol. The monoisotopic (exact) mass is 412 g/mol. The number of carbonyl (C=O) groups excluding carboxylic acids is 1. The van der Waals surface area contributed by atoms with Crippen molar-refractivity contribution in [3.05, 3.63) is 53.2 Å². The van der Waals surface area contributed by atoms with E-state index in [4.69, 9.17) is 21.1 Å². The van der Waals surface area contributed by atoms with E-state index in [0.717, 1.165) is 17.5 Å². The van der Waals surface area contributed by atoms with Crippen molar-refractivity contribution in [1.29, 1.82) is 0 Å². The van der Waals surface area contributed by atoms with Crippen molar-refractivity contribution in [3.8, 4) is 11.5 Å². The molecule has 8 heteroatoms. The molecule has 4 rings (SSSR count). The Kier molecular flexibility index (Phi) is 5.40. The van der Waals surface area contributed by atoms with Gasteiger partial charge in [0.05, 0.1) is 31.4 Å². The molecule has 29 heavy (non-hydrogen) atoms. The van der Waals surface area contributed by atoms with Crippen molar-refractivity contribution < 1.29 is 14.3 Å². The van der Waals surface area contributed by atoms with Crippen LogP contribution < -0.4 is 14.8 Å². The number of halogens is 1. The summed E-state index contributed by atoms with van der Waals surface area (Å²) in [6, 6.07) is 10.8. The summed E-state index contributed by atoms with van der Waals surface area (Å²) < 4.78 is 10.7. The summed E-state index contributed by atoms with van der Waals surface area (Å²) in [6.07, 6.45) is 2.50. The van der Waals surface area contributed by atoms with Crippen LogP contribution in [0.4, 0.5) is 5.82 Å². The molecule has 0 saturated carbocycles. The Labute approximate surface area is 173 Å². The highest BCUT2D eigenvalue weighted by molar-refractivity contribution is 6.31. The second-order valence-electron chi connectivity index (χ2n) is 6.81. The van der Waals surface area contributed by atoms with Gasteiger partial charge in [-0.15, -0.1) is 0 Å². The molecular weight excluding hydrogens is 392 g/mol. The quantitative estimate of drug-likeness (QED) is 0.689. The Morgan fingerprint density at radius 3 is 2.66 bits per heavy atom. The van der Waals surface area contributed by atoms with E-state index >= 15 is 0 Å². The number of rotatable bonds is 5. The zero-order valence-corrected chi connectivity index (χ0v) is 16.9. The number of amides is 1. The van der Waals surface area contributed by atoms with E-state index in [2.05, 4.69) is 15.3 Å². The van der Waals surface area contributed by atoms with Gasteiger partial charge in [0.15, 0.2) is 0 Å². The number of benzene rings is 2. The fourth-order valence-corrected chi connectivity index (χ4v) is 3.71. The van der Waals surface area contributed by atoms with Gasteiger partial charge in [0.1, 0.15) is 22.9 Å². The number of aromatic nitrogens is 2. The number of carbonyl (C=O) groups is 1. The molecule has 1 fully saturated rings. The Bertz CT molecular complexity index is 1040. The Morgan fingerprint density at radius 2 is 1.93 bits per heavy atom. The van der Waals surface area contributed by atoms with E-state index < -0.39 is 0 Å². The van der Waals surface area contributed by atoms with E-state index in [-0.39, 0.29) is 11.9 Å². The SMILES string of the molecule is COc1cccc(OC)c1C(=O)N1CC[C@@H](Nc2cnc3cc(Cl)ccc3n2)C1. The standard InChI is InChI=1S/C21H21ClN4O3/c1-28-17-4-3-5-18(29-2)20(17)21(27)26-9-8-14(12-26)24-19-11-23-16-10-13(22)6-7-15(16)25-19/h3-7,10-11,14H,8-9,12H2,1-2H3,(H,24,25)/t14-/m1/s1. The highest BCUT2D eigenvalue weighted by Gasteiger charge is 2.30. The number of likely N-dealkylation sites (tertiary alicyclic amines) is 1. The van der Waals surface area contributed by atoms with Crippen LogP contribution in [0.15, 0.2) is 42.6 Å². The number of anilines is 1. The van der Waals surface area contributed by atoms with Crippen LogP contribution in [0.25, 0.3) is 11.0 Å². The molecule has 2 aromatic carbocycles. The van der Waals surface area contributed by atoms with Crippen LogP contribution in [-0.4, -0.2) is 54.1 Å². The summed E-state index contributed by atoms with van der Waals surface area (Å²) >= 11 is 6.00. The zero-order chi connectivity index (χ0) is 20.4. The Balaban J connectivity index is 1.48. The molecule has 2 heterocycles. The predicted octanol–water partition coefficient (Wildman–Crippen LogP) is 3.63. The van der Waals surface area contributed by atoms with Crippen molar-refractivity contribution in [2.75, 3.05) is 32.6 Å². The van der Waals surface area contributed by atoms with E-state index in [1.165, 1.54) is 0 Å². The highest BCUT2D eigenvalue weighted by Crippen LogP contribution is 2.31. The van der Waals surface area contributed by atoms with Crippen LogP contribution >= 0.6 is 11.6 Å². The predicted molar refractivity (Wildman–Crippen MR) is 112 cm³/mol. The van der Waals surface area contributed by atoms with Gasteiger partial charge >= 0.3 is 0 Å². The number of hydrogen-bond donors (Lipinski definition) is 1. The number of fused-ring (bicyclic) bond motifs is 1. The van der Waals surface area contributed by atoms with Gasteiger partial charge in [-0.05, 0) is 36.8 Å². The molecule has 0 radical (unpaired) electrons. The maximum Gasteiger partial charge on any atom is 0.261 e. The first-order valence-electron chi connectivity index (χ1n) is 9.28. The molecule has 0 aliphatic carbocycles. The van der Waals surface area contributed by atoms with E-state index in [9.17, 15) is 4.79 Å². The molecule has 1 saturated heterocycles. The first-order chi connectivity index (χ1) is 14.1. The maximum atomic E-state index is 13.1. The molecule has 1 aromatic heterocycles. The highest BCUT2D eigenvalue weighted by atomic mass is 35.5. The minimum absolute atomic E-state index is 0.0821. The smallest absolute Gasteiger partial charge is 0.261 e. The van der Waals surface area contributed by atoms with E-state index in [0.29, 0.717) is 41.0 Å². The topological polar surface area (TPSA) is 76.6 Å². The van der Waals surface area contributed by atoms with Gasteiger partial charge in [-0.2, -0.15) is 0 Å². The third-order valence-corrected chi connectivity index (χ3v) is 5.21. The molecule has 1 aliphatic rings. The second-order valence-corrected chi connectivity index (χ2v) is 7.24. The summed E-state index contributed by atoms with van der Waals surface area (Å²) in [7, 11) is 3.09. The number of nitrogens with one attached hydrogen (secondary N) is 1. The zero-order valence-electron chi connectivity index (χ0n) is 16.2. The van der Waals surface area contributed by atoms with Crippen LogP contribution in [0.3, 0.4) is 0 Å². The van der Waals surface area contributed by atoms with Crippen molar-refractivity contribution in [2.24, 2.45) is 0 Å². The summed E-state index contributed by atoms with van der Waals surface area (Å²) in [6.45, 7) is 1.19. The van der Waals surface area contributed by atoms with Crippen molar-refractivity contribution in [2.45, 2.75) is 12.5 Å². The lowest BCUT2D eigenvalue weighted by atomic mass is 10.1. The van der Waals surface area contributed by atoms with Gasteiger partial charge in [0.2, 0.25) is 0 Å². The van der Waals surface area contributed by atoms with Gasteiger partial charge in [-0.25, -0.2) is 4.98 Å². The van der Waals surface area contributed by atoms with E-state index in [1.807, 2.05) is 6.07 Å². The number of nitrogens with zero attached hydrogens (tertiary/aromatic N) is 3. The molecular formula is C21H21ClN4O3.